The van der Waals surface area contributed by atoms with Gasteiger partial charge in [-0.25, -0.2) is 0 Å². The van der Waals surface area contributed by atoms with Crippen LogP contribution in [0.15, 0.2) is 12.8 Å². The molecule has 0 saturated carbocycles. The molecule has 0 spiro atoms. The SMILES string of the molecule is C=COCC(CCCCCCCCCCCCC)CCCCCCCCCCCCCCC. The van der Waals surface area contributed by atoms with Gasteiger partial charge in [0.2, 0.25) is 0 Å². The zero-order valence-electron chi connectivity index (χ0n) is 23.4. The molecule has 33 heavy (non-hydrogen) atoms. The first-order valence-electron chi connectivity index (χ1n) is 15.6. The molecule has 0 heterocycles. The highest BCUT2D eigenvalue weighted by molar-refractivity contribution is 4.63. The molecule has 0 saturated heterocycles. The molecule has 0 fully saturated rings. The van der Waals surface area contributed by atoms with E-state index in [0.29, 0.717) is 0 Å². The van der Waals surface area contributed by atoms with Crippen molar-refractivity contribution in [2.75, 3.05) is 6.61 Å². The Bertz CT molecular complexity index is 350. The Morgan fingerprint density at radius 2 is 0.727 bits per heavy atom. The molecule has 0 rings (SSSR count). The minimum atomic E-state index is 0.745. The molecule has 0 aliphatic rings. The van der Waals surface area contributed by atoms with E-state index in [1.54, 1.807) is 6.26 Å². The number of ether oxygens (including phenoxy) is 1. The van der Waals surface area contributed by atoms with E-state index < -0.39 is 0 Å². The fourth-order valence-electron chi connectivity index (χ4n) is 5.06. The van der Waals surface area contributed by atoms with Crippen LogP contribution in [0.2, 0.25) is 0 Å². The number of hydrogen-bond acceptors (Lipinski definition) is 1. The van der Waals surface area contributed by atoms with Crippen molar-refractivity contribution in [1.29, 1.82) is 0 Å². The van der Waals surface area contributed by atoms with Crippen molar-refractivity contribution in [2.45, 2.75) is 181 Å². The van der Waals surface area contributed by atoms with Gasteiger partial charge in [0.05, 0.1) is 12.9 Å². The lowest BCUT2D eigenvalue weighted by Crippen LogP contribution is -2.08. The summed E-state index contributed by atoms with van der Waals surface area (Å²) in [6, 6.07) is 0. The van der Waals surface area contributed by atoms with Crippen LogP contribution in [-0.2, 0) is 4.74 Å². The highest BCUT2D eigenvalue weighted by Crippen LogP contribution is 2.20. The van der Waals surface area contributed by atoms with E-state index in [-0.39, 0.29) is 0 Å². The van der Waals surface area contributed by atoms with E-state index in [4.69, 9.17) is 4.74 Å². The summed E-state index contributed by atoms with van der Waals surface area (Å²) in [5.74, 6) is 0.745. The van der Waals surface area contributed by atoms with Gasteiger partial charge in [-0.15, -0.1) is 0 Å². The molecule has 0 aliphatic carbocycles. The number of rotatable bonds is 29. The van der Waals surface area contributed by atoms with Crippen LogP contribution in [0.1, 0.15) is 181 Å². The van der Waals surface area contributed by atoms with Crippen molar-refractivity contribution in [3.63, 3.8) is 0 Å². The number of unbranched alkanes of at least 4 members (excludes halogenated alkanes) is 22. The third-order valence-corrected chi connectivity index (χ3v) is 7.38. The molecule has 0 amide bonds. The van der Waals surface area contributed by atoms with Crippen LogP contribution in [0.4, 0.5) is 0 Å². The van der Waals surface area contributed by atoms with Gasteiger partial charge >= 0.3 is 0 Å². The van der Waals surface area contributed by atoms with Crippen LogP contribution >= 0.6 is 0 Å². The van der Waals surface area contributed by atoms with Crippen molar-refractivity contribution in [3.05, 3.63) is 12.8 Å². The summed E-state index contributed by atoms with van der Waals surface area (Å²) < 4.78 is 5.57. The van der Waals surface area contributed by atoms with Gasteiger partial charge in [0, 0.05) is 0 Å². The van der Waals surface area contributed by atoms with Crippen LogP contribution in [0.3, 0.4) is 0 Å². The molecule has 0 aliphatic heterocycles. The number of hydrogen-bond donors (Lipinski definition) is 0. The molecular weight excluding hydrogens is 400 g/mol. The summed E-state index contributed by atoms with van der Waals surface area (Å²) in [6.07, 6.45) is 38.8. The molecule has 0 aromatic rings. The second-order valence-corrected chi connectivity index (χ2v) is 10.7. The van der Waals surface area contributed by atoms with Gasteiger partial charge in [-0.05, 0) is 18.8 Å². The summed E-state index contributed by atoms with van der Waals surface area (Å²) in [5.41, 5.74) is 0. The van der Waals surface area contributed by atoms with Gasteiger partial charge in [-0.3, -0.25) is 0 Å². The molecule has 1 nitrogen and oxygen atoms in total. The van der Waals surface area contributed by atoms with E-state index in [2.05, 4.69) is 20.4 Å². The lowest BCUT2D eigenvalue weighted by Gasteiger charge is -2.16. The van der Waals surface area contributed by atoms with Crippen molar-refractivity contribution in [1.82, 2.24) is 0 Å². The summed E-state index contributed by atoms with van der Waals surface area (Å²) in [5, 5.41) is 0. The Balaban J connectivity index is 3.49. The Labute approximate surface area is 210 Å². The van der Waals surface area contributed by atoms with E-state index in [1.807, 2.05) is 0 Å². The minimum Gasteiger partial charge on any atom is -0.502 e. The van der Waals surface area contributed by atoms with Crippen LogP contribution in [-0.4, -0.2) is 6.61 Å². The summed E-state index contributed by atoms with van der Waals surface area (Å²) in [6.45, 7) is 9.23. The largest absolute Gasteiger partial charge is 0.502 e. The van der Waals surface area contributed by atoms with Gasteiger partial charge in [-0.2, -0.15) is 0 Å². The van der Waals surface area contributed by atoms with Gasteiger partial charge in [0.15, 0.2) is 0 Å². The first-order chi connectivity index (χ1) is 16.3. The highest BCUT2D eigenvalue weighted by atomic mass is 16.5. The van der Waals surface area contributed by atoms with Crippen molar-refractivity contribution < 1.29 is 4.74 Å². The molecule has 0 N–H and O–H groups in total. The van der Waals surface area contributed by atoms with Crippen LogP contribution in [0, 0.1) is 5.92 Å². The lowest BCUT2D eigenvalue weighted by molar-refractivity contribution is 0.177. The second-order valence-electron chi connectivity index (χ2n) is 10.7. The van der Waals surface area contributed by atoms with Gasteiger partial charge in [0.25, 0.3) is 0 Å². The maximum absolute atomic E-state index is 5.57. The first-order valence-corrected chi connectivity index (χ1v) is 15.6. The monoisotopic (exact) mass is 464 g/mol. The first kappa shape index (κ1) is 32.5. The van der Waals surface area contributed by atoms with E-state index >= 15 is 0 Å². The zero-order valence-corrected chi connectivity index (χ0v) is 23.4. The standard InChI is InChI=1S/C32H64O/c1-4-7-9-11-13-15-17-18-20-22-24-26-28-30-32(31-33-6-3)29-27-25-23-21-19-16-14-12-10-8-5-2/h6,32H,3-5,7-31H2,1-2H3. The van der Waals surface area contributed by atoms with Gasteiger partial charge in [0.1, 0.15) is 0 Å². The van der Waals surface area contributed by atoms with Crippen molar-refractivity contribution in [3.8, 4) is 0 Å². The third-order valence-electron chi connectivity index (χ3n) is 7.38. The van der Waals surface area contributed by atoms with Crippen molar-refractivity contribution >= 4 is 0 Å². The fourth-order valence-corrected chi connectivity index (χ4v) is 5.06. The summed E-state index contributed by atoms with van der Waals surface area (Å²) in [7, 11) is 0. The predicted octanol–water partition coefficient (Wildman–Crippen LogP) is 11.9. The molecule has 0 aromatic carbocycles. The fraction of sp³-hybridized carbons (Fsp3) is 0.938. The predicted molar refractivity (Wildman–Crippen MR) is 151 cm³/mol. The molecule has 0 radical (unpaired) electrons. The smallest absolute Gasteiger partial charge is 0.0901 e. The lowest BCUT2D eigenvalue weighted by atomic mass is 9.94. The second kappa shape index (κ2) is 29.6. The Hall–Kier alpha value is -0.460. The average molecular weight is 465 g/mol. The molecular formula is C32H64O. The maximum atomic E-state index is 5.57. The van der Waals surface area contributed by atoms with E-state index in [0.717, 1.165) is 12.5 Å². The molecule has 1 atom stereocenters. The summed E-state index contributed by atoms with van der Waals surface area (Å²) >= 11 is 0. The molecule has 0 aromatic heterocycles. The topological polar surface area (TPSA) is 9.23 Å². The minimum absolute atomic E-state index is 0.745. The average Bonchev–Trinajstić information content (AvgIpc) is 2.83. The van der Waals surface area contributed by atoms with E-state index in [1.165, 1.54) is 167 Å². The third kappa shape index (κ3) is 27.7. The van der Waals surface area contributed by atoms with E-state index in [9.17, 15) is 0 Å². The summed E-state index contributed by atoms with van der Waals surface area (Å²) in [4.78, 5) is 0. The van der Waals surface area contributed by atoms with Crippen LogP contribution < -0.4 is 0 Å². The Morgan fingerprint density at radius 3 is 1.00 bits per heavy atom. The quantitative estimate of drug-likeness (QED) is 0.0789. The van der Waals surface area contributed by atoms with Crippen molar-refractivity contribution in [2.24, 2.45) is 5.92 Å². The Kier molecular flexibility index (Phi) is 29.2. The Morgan fingerprint density at radius 1 is 0.455 bits per heavy atom. The van der Waals surface area contributed by atoms with Gasteiger partial charge in [-0.1, -0.05) is 175 Å². The zero-order chi connectivity index (χ0) is 24.1. The molecule has 0 bridgehead atoms. The molecule has 198 valence electrons. The molecule has 1 unspecified atom stereocenters. The molecule has 1 heteroatoms. The van der Waals surface area contributed by atoms with Gasteiger partial charge < -0.3 is 4.74 Å². The van der Waals surface area contributed by atoms with Crippen LogP contribution in [0.5, 0.6) is 0 Å². The maximum Gasteiger partial charge on any atom is 0.0901 e. The highest BCUT2D eigenvalue weighted by Gasteiger charge is 2.09. The normalized spacial score (nSPS) is 12.2. The van der Waals surface area contributed by atoms with Crippen LogP contribution in [0.25, 0.3) is 0 Å².